The first-order valence-corrected chi connectivity index (χ1v) is 5.89. The van der Waals surface area contributed by atoms with Crippen LogP contribution in [0.25, 0.3) is 0 Å². The summed E-state index contributed by atoms with van der Waals surface area (Å²) in [5, 5.41) is 11.7. The van der Waals surface area contributed by atoms with Gasteiger partial charge in [0.1, 0.15) is 0 Å². The number of rotatable bonds is 3. The van der Waals surface area contributed by atoms with E-state index in [0.717, 1.165) is 12.8 Å². The van der Waals surface area contributed by atoms with Gasteiger partial charge in [-0.3, -0.25) is 0 Å². The Bertz CT molecular complexity index is 286. The molecule has 1 aliphatic carbocycles. The van der Waals surface area contributed by atoms with Crippen LogP contribution in [0.1, 0.15) is 32.6 Å². The first-order chi connectivity index (χ1) is 8.26. The van der Waals surface area contributed by atoms with Crippen molar-refractivity contribution < 1.29 is 27.8 Å². The molecule has 1 aliphatic rings. The van der Waals surface area contributed by atoms with Crippen LogP contribution in [0.3, 0.4) is 0 Å². The molecule has 1 fully saturated rings. The van der Waals surface area contributed by atoms with Crippen molar-refractivity contribution in [2.45, 2.75) is 44.3 Å². The van der Waals surface area contributed by atoms with Crippen LogP contribution < -0.4 is 5.32 Å². The molecule has 0 aromatic heterocycles. The maximum absolute atomic E-state index is 11.9. The lowest BCUT2D eigenvalue weighted by atomic mass is 9.78. The second-order valence-electron chi connectivity index (χ2n) is 4.94. The maximum Gasteiger partial charge on any atom is 0.422 e. The lowest BCUT2D eigenvalue weighted by Crippen LogP contribution is -2.53. The molecule has 18 heavy (non-hydrogen) atoms. The number of nitrogens with one attached hydrogen (secondary N) is 1. The Morgan fingerprint density at radius 1 is 1.44 bits per heavy atom. The zero-order chi connectivity index (χ0) is 13.8. The van der Waals surface area contributed by atoms with Crippen LogP contribution in [0.5, 0.6) is 0 Å². The summed E-state index contributed by atoms with van der Waals surface area (Å²) < 4.78 is 39.7. The van der Waals surface area contributed by atoms with Crippen LogP contribution >= 0.6 is 0 Å². The lowest BCUT2D eigenvalue weighted by molar-refractivity contribution is -0.160. The largest absolute Gasteiger partial charge is 0.440 e. The maximum atomic E-state index is 11.9. The molecule has 106 valence electrons. The van der Waals surface area contributed by atoms with Crippen LogP contribution in [0.15, 0.2) is 0 Å². The van der Waals surface area contributed by atoms with E-state index in [1.165, 1.54) is 0 Å². The quantitative estimate of drug-likeness (QED) is 0.826. The van der Waals surface area contributed by atoms with Crippen molar-refractivity contribution in [1.82, 2.24) is 5.32 Å². The predicted molar refractivity (Wildman–Crippen MR) is 58.0 cm³/mol. The Labute approximate surface area is 103 Å². The van der Waals surface area contributed by atoms with E-state index in [4.69, 9.17) is 0 Å². The third-order valence-electron chi connectivity index (χ3n) is 3.27. The van der Waals surface area contributed by atoms with Crippen molar-refractivity contribution in [2.75, 3.05) is 13.2 Å². The smallest absolute Gasteiger partial charge is 0.422 e. The summed E-state index contributed by atoms with van der Waals surface area (Å²) in [5.41, 5.74) is -0.838. The van der Waals surface area contributed by atoms with Crippen LogP contribution in [-0.2, 0) is 4.74 Å². The van der Waals surface area contributed by atoms with Gasteiger partial charge in [0.25, 0.3) is 0 Å². The summed E-state index contributed by atoms with van der Waals surface area (Å²) in [5.74, 6) is 0.498. The summed E-state index contributed by atoms with van der Waals surface area (Å²) in [6, 6.07) is 0. The fourth-order valence-corrected chi connectivity index (χ4v) is 2.04. The molecule has 1 amide bonds. The van der Waals surface area contributed by atoms with Crippen LogP contribution in [0.2, 0.25) is 0 Å². The number of carbonyl (C=O) groups excluding carboxylic acids is 1. The molecule has 1 rings (SSSR count). The van der Waals surface area contributed by atoms with Gasteiger partial charge in [-0.05, 0) is 31.6 Å². The second kappa shape index (κ2) is 5.77. The molecule has 0 aromatic rings. The van der Waals surface area contributed by atoms with E-state index >= 15 is 0 Å². The van der Waals surface area contributed by atoms with E-state index in [0.29, 0.717) is 18.8 Å². The normalized spacial score (nSPS) is 28.8. The summed E-state index contributed by atoms with van der Waals surface area (Å²) in [4.78, 5) is 11.3. The van der Waals surface area contributed by atoms with Crippen molar-refractivity contribution in [1.29, 1.82) is 0 Å². The first-order valence-electron chi connectivity index (χ1n) is 5.89. The zero-order valence-electron chi connectivity index (χ0n) is 10.2. The molecule has 0 aromatic carbocycles. The lowest BCUT2D eigenvalue weighted by Gasteiger charge is -2.38. The highest BCUT2D eigenvalue weighted by Gasteiger charge is 2.36. The SMILES string of the molecule is CC1CCC(CO)(NC(=O)OCC(F)(F)F)CC1. The molecular weight excluding hydrogens is 251 g/mol. The fourth-order valence-electron chi connectivity index (χ4n) is 2.04. The molecule has 1 saturated carbocycles. The second-order valence-corrected chi connectivity index (χ2v) is 4.94. The highest BCUT2D eigenvalue weighted by Crippen LogP contribution is 2.31. The van der Waals surface area contributed by atoms with Gasteiger partial charge in [-0.2, -0.15) is 13.2 Å². The van der Waals surface area contributed by atoms with Gasteiger partial charge < -0.3 is 15.2 Å². The van der Waals surface area contributed by atoms with Gasteiger partial charge in [-0.25, -0.2) is 4.79 Å². The number of ether oxygens (including phenoxy) is 1. The monoisotopic (exact) mass is 269 g/mol. The zero-order valence-corrected chi connectivity index (χ0v) is 10.2. The minimum absolute atomic E-state index is 0.291. The van der Waals surface area contributed by atoms with Crippen molar-refractivity contribution in [3.63, 3.8) is 0 Å². The number of hydrogen-bond acceptors (Lipinski definition) is 3. The first kappa shape index (κ1) is 15.1. The molecule has 0 unspecified atom stereocenters. The molecule has 0 heterocycles. The molecule has 4 nitrogen and oxygen atoms in total. The van der Waals surface area contributed by atoms with Gasteiger partial charge in [0, 0.05) is 0 Å². The summed E-state index contributed by atoms with van der Waals surface area (Å²) >= 11 is 0. The minimum atomic E-state index is -4.54. The summed E-state index contributed by atoms with van der Waals surface area (Å²) in [7, 11) is 0. The van der Waals surface area contributed by atoms with Gasteiger partial charge in [-0.1, -0.05) is 6.92 Å². The molecule has 0 saturated heterocycles. The van der Waals surface area contributed by atoms with E-state index in [1.54, 1.807) is 0 Å². The number of amides is 1. The standard InChI is InChI=1S/C11H18F3NO3/c1-8-2-4-10(6-16,5-3-8)15-9(17)18-7-11(12,13)14/h8,16H,2-7H2,1H3,(H,15,17). The topological polar surface area (TPSA) is 58.6 Å². The van der Waals surface area contributed by atoms with Gasteiger partial charge in [-0.15, -0.1) is 0 Å². The number of hydrogen-bond donors (Lipinski definition) is 2. The van der Waals surface area contributed by atoms with Crippen LogP contribution in [0, 0.1) is 5.92 Å². The van der Waals surface area contributed by atoms with E-state index in [2.05, 4.69) is 17.0 Å². The van der Waals surface area contributed by atoms with Gasteiger partial charge in [0.2, 0.25) is 0 Å². The van der Waals surface area contributed by atoms with Crippen LogP contribution in [0.4, 0.5) is 18.0 Å². The molecule has 2 N–H and O–H groups in total. The van der Waals surface area contributed by atoms with Crippen molar-refractivity contribution in [3.8, 4) is 0 Å². The van der Waals surface area contributed by atoms with Gasteiger partial charge in [0.05, 0.1) is 12.1 Å². The Kier molecular flexibility index (Phi) is 4.84. The molecule has 0 spiro atoms. The molecule has 0 bridgehead atoms. The molecule has 7 heteroatoms. The predicted octanol–water partition coefficient (Wildman–Crippen LogP) is 2.22. The van der Waals surface area contributed by atoms with Gasteiger partial charge >= 0.3 is 12.3 Å². The van der Waals surface area contributed by atoms with Crippen molar-refractivity contribution in [2.24, 2.45) is 5.92 Å². The average molecular weight is 269 g/mol. The highest BCUT2D eigenvalue weighted by atomic mass is 19.4. The Balaban J connectivity index is 2.45. The van der Waals surface area contributed by atoms with Gasteiger partial charge in [0.15, 0.2) is 6.61 Å². The Hall–Kier alpha value is -0.980. The number of aliphatic hydroxyl groups excluding tert-OH is 1. The number of alkyl carbamates (subject to hydrolysis) is 1. The third kappa shape index (κ3) is 4.72. The minimum Gasteiger partial charge on any atom is -0.440 e. The average Bonchev–Trinajstić information content (AvgIpc) is 2.29. The highest BCUT2D eigenvalue weighted by molar-refractivity contribution is 5.68. The summed E-state index contributed by atoms with van der Waals surface area (Å²) in [6.07, 6.45) is -2.93. The van der Waals surface area contributed by atoms with Crippen molar-refractivity contribution >= 4 is 6.09 Å². The third-order valence-corrected chi connectivity index (χ3v) is 3.27. The molecule has 0 radical (unpaired) electrons. The molecular formula is C11H18F3NO3. The van der Waals surface area contributed by atoms with E-state index in [-0.39, 0.29) is 6.61 Å². The molecule has 0 atom stereocenters. The number of alkyl halides is 3. The van der Waals surface area contributed by atoms with Crippen molar-refractivity contribution in [3.05, 3.63) is 0 Å². The summed E-state index contributed by atoms with van der Waals surface area (Å²) in [6.45, 7) is 0.154. The Morgan fingerprint density at radius 3 is 2.44 bits per heavy atom. The number of aliphatic hydroxyl groups is 1. The van der Waals surface area contributed by atoms with E-state index in [1.807, 2.05) is 0 Å². The van der Waals surface area contributed by atoms with E-state index < -0.39 is 24.4 Å². The number of carbonyl (C=O) groups is 1. The number of halogens is 3. The Morgan fingerprint density at radius 2 is 2.00 bits per heavy atom. The van der Waals surface area contributed by atoms with Crippen LogP contribution in [-0.4, -0.2) is 36.1 Å². The molecule has 0 aliphatic heterocycles. The fraction of sp³-hybridized carbons (Fsp3) is 0.909. The van der Waals surface area contributed by atoms with E-state index in [9.17, 15) is 23.1 Å².